The van der Waals surface area contributed by atoms with Crippen molar-refractivity contribution in [2.45, 2.75) is 261 Å². The summed E-state index contributed by atoms with van der Waals surface area (Å²) in [6.45, 7) is 61.1. The third kappa shape index (κ3) is 15.0. The van der Waals surface area contributed by atoms with E-state index in [2.05, 4.69) is 293 Å². The molecule has 0 spiro atoms. The Morgan fingerprint density at radius 2 is 0.923 bits per heavy atom. The van der Waals surface area contributed by atoms with Crippen LogP contribution in [0.2, 0.25) is 37.3 Å². The molecule has 8 aliphatic rings. The minimum atomic E-state index is -2.09. The second kappa shape index (κ2) is 30.4. The number of fused-ring (bicyclic) bond motifs is 6. The van der Waals surface area contributed by atoms with Gasteiger partial charge in [0.25, 0.3) is 0 Å². The molecule has 10 unspecified atom stereocenters. The fourth-order valence-electron chi connectivity index (χ4n) is 22.9. The van der Waals surface area contributed by atoms with E-state index < -0.39 is 37.0 Å². The molecule has 104 heavy (non-hydrogen) atoms. The van der Waals surface area contributed by atoms with Crippen LogP contribution in [0, 0.1) is 83.5 Å². The van der Waals surface area contributed by atoms with Gasteiger partial charge < -0.3 is 19.6 Å². The van der Waals surface area contributed by atoms with Gasteiger partial charge in [0, 0.05) is 22.2 Å². The van der Waals surface area contributed by atoms with Gasteiger partial charge in [-0.05, 0) is 274 Å². The molecule has 3 saturated carbocycles. The van der Waals surface area contributed by atoms with E-state index in [4.69, 9.17) is 21.8 Å². The van der Waals surface area contributed by atoms with E-state index in [1.165, 1.54) is 146 Å². The van der Waals surface area contributed by atoms with Crippen molar-refractivity contribution in [3.05, 3.63) is 241 Å². The zero-order chi connectivity index (χ0) is 74.2. The van der Waals surface area contributed by atoms with Crippen LogP contribution in [0.3, 0.4) is 0 Å². The van der Waals surface area contributed by atoms with Crippen molar-refractivity contribution < 1.29 is 25.6 Å². The van der Waals surface area contributed by atoms with Gasteiger partial charge in [-0.15, -0.1) is 0 Å². The Balaban J connectivity index is 0.000000211. The number of ether oxygens (including phenoxy) is 1. The number of methoxy groups -OCH3 is 1. The van der Waals surface area contributed by atoms with Gasteiger partial charge in [-0.25, -0.2) is 0 Å². The van der Waals surface area contributed by atoms with Crippen LogP contribution < -0.4 is 4.74 Å². The maximum atomic E-state index is 6.38. The number of benzene rings is 6. The molecular weight excluding hydrogens is 1410 g/mol. The van der Waals surface area contributed by atoms with Gasteiger partial charge in [0.1, 0.15) is 5.75 Å². The van der Waals surface area contributed by atoms with E-state index in [0.29, 0.717) is 34.8 Å². The van der Waals surface area contributed by atoms with E-state index >= 15 is 0 Å². The molecule has 6 heteroatoms. The average Bonchev–Trinajstić information content (AvgIpc) is 1.54. The van der Waals surface area contributed by atoms with Gasteiger partial charge in [-0.2, -0.15) is 0 Å². The molecule has 0 aromatic heterocycles. The van der Waals surface area contributed by atoms with E-state index in [1.807, 2.05) is 7.11 Å². The number of hydrogen-bond donors (Lipinski definition) is 0. The van der Waals surface area contributed by atoms with Gasteiger partial charge in [0.05, 0.1) is 23.3 Å². The quantitative estimate of drug-likeness (QED) is 0.104. The number of allylic oxidation sites excluding steroid dienone is 10. The SMILES string of the molecule is CC1=C(c2cc(C)cc(C)c2)C2CC(C)C([Si](C)(C)C3C(C)CC4C(c5ccc(C(C)(C)C)cc5)=C5CCCC5=CC43)C2C=C1C(C)(C)C.COc1c(C(C)(C)C)cc2c(c1-c1cc(C)cc(C)c1)C=C(C)C2[Si](C)(C)C1C(C)=Cc2c1cc1c(c2-c2ccc(C(C)(C)C)cc2)CCC1.[CH3-].[CH3-].[Cl][Zr+2][Cl]. The van der Waals surface area contributed by atoms with E-state index in [1.54, 1.807) is 55.7 Å². The minimum absolute atomic E-state index is 0. The Labute approximate surface area is 654 Å². The van der Waals surface area contributed by atoms with Crippen molar-refractivity contribution in [2.75, 3.05) is 7.11 Å². The number of halogens is 2. The molecule has 0 N–H and O–H groups in total. The Hall–Kier alpha value is -4.54. The second-order valence-electron chi connectivity index (χ2n) is 38.7. The van der Waals surface area contributed by atoms with Crippen LogP contribution in [-0.4, -0.2) is 23.3 Å². The summed E-state index contributed by atoms with van der Waals surface area (Å²) in [7, 11) is 7.86. The van der Waals surface area contributed by atoms with Gasteiger partial charge in [-0.1, -0.05) is 278 Å². The molecule has 0 aliphatic heterocycles. The maximum absolute atomic E-state index is 6.38. The Kier molecular flexibility index (Phi) is 23.9. The summed E-state index contributed by atoms with van der Waals surface area (Å²) in [5.74, 6) is 5.22. The zero-order valence-corrected chi connectivity index (χ0v) is 75.6. The normalized spacial score (nSPS) is 24.0. The van der Waals surface area contributed by atoms with Gasteiger partial charge in [0.2, 0.25) is 0 Å². The summed E-state index contributed by atoms with van der Waals surface area (Å²) in [4.78, 5) is 0. The van der Waals surface area contributed by atoms with Crippen molar-refractivity contribution in [1.29, 1.82) is 0 Å². The van der Waals surface area contributed by atoms with Crippen LogP contribution >= 0.6 is 17.0 Å². The molecule has 0 radical (unpaired) electrons. The average molecular weight is 1540 g/mol. The first kappa shape index (κ1) is 82.0. The van der Waals surface area contributed by atoms with Crippen molar-refractivity contribution >= 4 is 56.5 Å². The fraction of sp³-hybridized carbons (Fsp3) is 0.490. The van der Waals surface area contributed by atoms with Crippen molar-refractivity contribution in [3.8, 4) is 28.0 Å². The van der Waals surface area contributed by atoms with E-state index in [0.717, 1.165) is 28.7 Å². The van der Waals surface area contributed by atoms with Crippen molar-refractivity contribution in [1.82, 2.24) is 0 Å². The predicted molar refractivity (Wildman–Crippen MR) is 461 cm³/mol. The molecule has 0 bridgehead atoms. The third-order valence-electron chi connectivity index (χ3n) is 26.4. The van der Waals surface area contributed by atoms with E-state index in [-0.39, 0.29) is 36.5 Å². The Bertz CT molecular complexity index is 4410. The fourth-order valence-corrected chi connectivity index (χ4v) is 34.2. The molecule has 10 atom stereocenters. The second-order valence-corrected chi connectivity index (χ2v) is 52.3. The predicted octanol–water partition coefficient (Wildman–Crippen LogP) is 29.4. The molecule has 0 amide bonds. The molecule has 14 rings (SSSR count). The number of aryl methyl sites for hydroxylation is 5. The van der Waals surface area contributed by atoms with Crippen molar-refractivity contribution in [2.24, 2.45) is 40.9 Å². The molecule has 8 aliphatic carbocycles. The van der Waals surface area contributed by atoms with Gasteiger partial charge >= 0.3 is 37.9 Å². The van der Waals surface area contributed by atoms with Crippen LogP contribution in [0.15, 0.2) is 143 Å². The summed E-state index contributed by atoms with van der Waals surface area (Å²) in [5.41, 5.74) is 43.2. The molecule has 0 saturated heterocycles. The first-order valence-corrected chi connectivity index (χ1v) is 51.9. The van der Waals surface area contributed by atoms with Crippen LogP contribution in [0.1, 0.15) is 251 Å². The summed E-state index contributed by atoms with van der Waals surface area (Å²) in [5, 5.41) is 0. The molecule has 3 fully saturated rings. The number of hydrogen-bond acceptors (Lipinski definition) is 1. The molecule has 554 valence electrons. The Morgan fingerprint density at radius 1 is 0.471 bits per heavy atom. The monoisotopic (exact) mass is 1540 g/mol. The first-order valence-electron chi connectivity index (χ1n) is 39.2. The standard InChI is InChI=1S/C48H58OSi.C48H66Si.2CH3.2ClH.Zr/c1-28-21-29(2)23-34(22-28)43-38-25-31(4)46(40(38)27-41(44(43)49-11)48(8,9)10)50(12,13)45-30(3)24-37-39(45)26-33-15-14-16-36(33)42(37)32-17-19-35(20-18-32)47(5,6)7;1-28-21-29(2)23-35(22-28)43-32(5)42(48(9,10)11)27-41-38(43)24-30(3)46(41)49(12,13)45-31(4)25-39-40(45)26-34-15-14-16-37(34)44(39)33-17-19-36(20-18-33)47(6,7)8;;;;;/h17-27,45-46H,14-16H2,1-13H3;17-23,26-27,30-31,38-41,45-46H,14-16,24-25H2,1-13H3;2*1H3;2*1H;/q;;2*-1;;;+4/p-2. The van der Waals surface area contributed by atoms with Crippen LogP contribution in [0.25, 0.3) is 45.6 Å². The zero-order valence-electron chi connectivity index (χ0n) is 69.6. The van der Waals surface area contributed by atoms with E-state index in [9.17, 15) is 0 Å². The summed E-state index contributed by atoms with van der Waals surface area (Å²) < 4.78 is 6.38. The van der Waals surface area contributed by atoms with Gasteiger partial charge in [0.15, 0.2) is 0 Å². The topological polar surface area (TPSA) is 9.23 Å². The molecule has 1 nitrogen and oxygen atoms in total. The molecule has 6 aromatic rings. The van der Waals surface area contributed by atoms with Gasteiger partial charge in [-0.3, -0.25) is 0 Å². The molecule has 0 heterocycles. The van der Waals surface area contributed by atoms with Crippen LogP contribution in [0.4, 0.5) is 0 Å². The summed E-state index contributed by atoms with van der Waals surface area (Å²) in [6, 6.07) is 38.9. The van der Waals surface area contributed by atoms with Crippen LogP contribution in [0.5, 0.6) is 5.75 Å². The summed E-state index contributed by atoms with van der Waals surface area (Å²) in [6.07, 6.45) is 21.1. The van der Waals surface area contributed by atoms with Crippen LogP contribution in [-0.2, 0) is 49.9 Å². The number of rotatable bonds is 9. The van der Waals surface area contributed by atoms with Crippen molar-refractivity contribution in [3.63, 3.8) is 0 Å². The third-order valence-corrected chi connectivity index (χ3v) is 36.2. The Morgan fingerprint density at radius 3 is 1.40 bits per heavy atom. The molecular formula is C98H130Cl2OSi2Zr. The summed E-state index contributed by atoms with van der Waals surface area (Å²) >= 11 is -0.826. The first-order chi connectivity index (χ1) is 47.7. The molecule has 6 aromatic carbocycles.